The number of hydrogen-bond acceptors (Lipinski definition) is 5. The summed E-state index contributed by atoms with van der Waals surface area (Å²) in [6.07, 6.45) is -0.446. The second-order valence-corrected chi connectivity index (χ2v) is 9.10. The lowest BCUT2D eigenvalue weighted by molar-refractivity contribution is 0.00737. The highest BCUT2D eigenvalue weighted by atomic mass is 79.9. The Kier molecular flexibility index (Phi) is 5.46. The molecule has 0 bridgehead atoms. The Hall–Kier alpha value is -1.32. The number of ether oxygens (including phenoxy) is 2. The number of methoxy groups -OCH3 is 1. The Morgan fingerprint density at radius 3 is 2.50 bits per heavy atom. The molecule has 9 heteroatoms. The maximum atomic E-state index is 12.5. The molecule has 1 heterocycles. The number of benzene rings is 1. The van der Waals surface area contributed by atoms with Crippen LogP contribution in [0.1, 0.15) is 20.8 Å². The molecule has 0 atom stereocenters. The quantitative estimate of drug-likeness (QED) is 0.807. The summed E-state index contributed by atoms with van der Waals surface area (Å²) in [5.41, 5.74) is -0.578. The lowest BCUT2D eigenvalue weighted by Gasteiger charge is -2.39. The van der Waals surface area contributed by atoms with Crippen LogP contribution in [-0.4, -0.2) is 51.3 Å². The van der Waals surface area contributed by atoms with Crippen molar-refractivity contribution in [3.8, 4) is 5.75 Å². The molecule has 0 aliphatic carbocycles. The zero-order valence-electron chi connectivity index (χ0n) is 14.0. The van der Waals surface area contributed by atoms with Crippen molar-refractivity contribution in [3.05, 3.63) is 22.7 Å². The summed E-state index contributed by atoms with van der Waals surface area (Å²) in [6, 6.07) is 4.40. The number of nitrogens with zero attached hydrogens (tertiary/aromatic N) is 1. The molecule has 1 aliphatic rings. The molecular weight excluding hydrogens is 400 g/mol. The SMILES string of the molecule is COc1ccc(Br)cc1S(=O)(=O)NC1CN(C(=O)OC(C)(C)C)C1. The number of hydrogen-bond donors (Lipinski definition) is 1. The van der Waals surface area contributed by atoms with E-state index in [0.717, 1.165) is 0 Å². The second kappa shape index (κ2) is 6.89. The number of halogens is 1. The summed E-state index contributed by atoms with van der Waals surface area (Å²) in [5, 5.41) is 0. The van der Waals surface area contributed by atoms with Crippen LogP contribution in [0.5, 0.6) is 5.75 Å². The smallest absolute Gasteiger partial charge is 0.410 e. The highest BCUT2D eigenvalue weighted by Crippen LogP contribution is 2.28. The maximum absolute atomic E-state index is 12.5. The number of rotatable bonds is 4. The maximum Gasteiger partial charge on any atom is 0.410 e. The van der Waals surface area contributed by atoms with Gasteiger partial charge < -0.3 is 14.4 Å². The molecule has 1 aliphatic heterocycles. The average Bonchev–Trinajstić information content (AvgIpc) is 2.40. The van der Waals surface area contributed by atoms with Gasteiger partial charge in [0.05, 0.1) is 13.2 Å². The topological polar surface area (TPSA) is 84.9 Å². The van der Waals surface area contributed by atoms with Crippen LogP contribution in [0.25, 0.3) is 0 Å². The minimum absolute atomic E-state index is 0.0510. The van der Waals surface area contributed by atoms with Gasteiger partial charge in [-0.2, -0.15) is 0 Å². The minimum Gasteiger partial charge on any atom is -0.495 e. The third kappa shape index (κ3) is 4.61. The van der Waals surface area contributed by atoms with E-state index in [9.17, 15) is 13.2 Å². The molecule has 1 N–H and O–H groups in total. The van der Waals surface area contributed by atoms with E-state index in [1.165, 1.54) is 18.1 Å². The van der Waals surface area contributed by atoms with Crippen molar-refractivity contribution in [2.24, 2.45) is 0 Å². The number of carbonyl (C=O) groups is 1. The van der Waals surface area contributed by atoms with Crippen molar-refractivity contribution in [3.63, 3.8) is 0 Å². The molecule has 1 amide bonds. The molecule has 1 aromatic rings. The van der Waals surface area contributed by atoms with Crippen LogP contribution in [0.4, 0.5) is 4.79 Å². The van der Waals surface area contributed by atoms with Gasteiger partial charge in [-0.15, -0.1) is 0 Å². The number of amides is 1. The molecule has 0 spiro atoms. The molecule has 0 saturated carbocycles. The largest absolute Gasteiger partial charge is 0.495 e. The highest BCUT2D eigenvalue weighted by molar-refractivity contribution is 9.10. The van der Waals surface area contributed by atoms with E-state index >= 15 is 0 Å². The zero-order valence-corrected chi connectivity index (χ0v) is 16.4. The summed E-state index contributed by atoms with van der Waals surface area (Å²) < 4.78 is 38.6. The van der Waals surface area contributed by atoms with Crippen molar-refractivity contribution >= 4 is 32.0 Å². The molecule has 1 saturated heterocycles. The monoisotopic (exact) mass is 420 g/mol. The standard InChI is InChI=1S/C15H21BrN2O5S/c1-15(2,3)23-14(19)18-8-11(9-18)17-24(20,21)13-7-10(16)5-6-12(13)22-4/h5-7,11,17H,8-9H2,1-4H3. The predicted octanol–water partition coefficient (Wildman–Crippen LogP) is 2.36. The van der Waals surface area contributed by atoms with Gasteiger partial charge >= 0.3 is 6.09 Å². The molecule has 7 nitrogen and oxygen atoms in total. The fourth-order valence-corrected chi connectivity index (χ4v) is 4.10. The van der Waals surface area contributed by atoms with Gasteiger partial charge in [-0.25, -0.2) is 17.9 Å². The molecule has 0 aromatic heterocycles. The lowest BCUT2D eigenvalue weighted by atomic mass is 10.1. The van der Waals surface area contributed by atoms with Gasteiger partial charge in [0.15, 0.2) is 0 Å². The van der Waals surface area contributed by atoms with Gasteiger partial charge in [0.2, 0.25) is 10.0 Å². The Morgan fingerprint density at radius 1 is 1.33 bits per heavy atom. The number of likely N-dealkylation sites (tertiary alicyclic amines) is 1. The van der Waals surface area contributed by atoms with Crippen LogP contribution < -0.4 is 9.46 Å². The van der Waals surface area contributed by atoms with Gasteiger partial charge in [0.1, 0.15) is 16.2 Å². The van der Waals surface area contributed by atoms with Gasteiger partial charge in [-0.3, -0.25) is 0 Å². The summed E-state index contributed by atoms with van der Waals surface area (Å²) in [7, 11) is -2.34. The third-order valence-electron chi connectivity index (χ3n) is 3.27. The normalized spacial score (nSPS) is 15.8. The predicted molar refractivity (Wildman–Crippen MR) is 92.6 cm³/mol. The molecule has 1 fully saturated rings. The number of sulfonamides is 1. The van der Waals surface area contributed by atoms with Crippen LogP contribution in [0.3, 0.4) is 0 Å². The van der Waals surface area contributed by atoms with E-state index in [-0.39, 0.29) is 29.8 Å². The van der Waals surface area contributed by atoms with E-state index in [1.807, 2.05) is 0 Å². The first kappa shape index (κ1) is 19.0. The molecule has 24 heavy (non-hydrogen) atoms. The molecule has 0 unspecified atom stereocenters. The Morgan fingerprint density at radius 2 is 1.96 bits per heavy atom. The van der Waals surface area contributed by atoms with Crippen molar-refractivity contribution in [2.75, 3.05) is 20.2 Å². The highest BCUT2D eigenvalue weighted by Gasteiger charge is 2.36. The van der Waals surface area contributed by atoms with E-state index < -0.39 is 21.7 Å². The summed E-state index contributed by atoms with van der Waals surface area (Å²) >= 11 is 3.25. The third-order valence-corrected chi connectivity index (χ3v) is 5.31. The first-order valence-electron chi connectivity index (χ1n) is 7.35. The molecule has 2 rings (SSSR count). The lowest BCUT2D eigenvalue weighted by Crippen LogP contribution is -2.61. The van der Waals surface area contributed by atoms with Gasteiger partial charge in [0, 0.05) is 17.6 Å². The number of carbonyl (C=O) groups excluding carboxylic acids is 1. The van der Waals surface area contributed by atoms with Gasteiger partial charge in [0.25, 0.3) is 0 Å². The van der Waals surface area contributed by atoms with Gasteiger partial charge in [-0.05, 0) is 39.0 Å². The summed E-state index contributed by atoms with van der Waals surface area (Å²) in [4.78, 5) is 13.4. The van der Waals surface area contributed by atoms with Crippen LogP contribution in [0, 0.1) is 0 Å². The van der Waals surface area contributed by atoms with E-state index in [4.69, 9.17) is 9.47 Å². The van der Waals surface area contributed by atoms with Crippen LogP contribution in [-0.2, 0) is 14.8 Å². The van der Waals surface area contributed by atoms with Crippen molar-refractivity contribution in [1.29, 1.82) is 0 Å². The first-order chi connectivity index (χ1) is 11.0. The van der Waals surface area contributed by atoms with Crippen LogP contribution >= 0.6 is 15.9 Å². The van der Waals surface area contributed by atoms with E-state index in [0.29, 0.717) is 4.47 Å². The van der Waals surface area contributed by atoms with Gasteiger partial charge in [-0.1, -0.05) is 15.9 Å². The average molecular weight is 421 g/mol. The Bertz CT molecular complexity index is 724. The Labute approximate surface area is 150 Å². The van der Waals surface area contributed by atoms with Crippen LogP contribution in [0.15, 0.2) is 27.6 Å². The summed E-state index contributed by atoms with van der Waals surface area (Å²) in [5.74, 6) is 0.258. The second-order valence-electron chi connectivity index (χ2n) is 6.50. The fraction of sp³-hybridized carbons (Fsp3) is 0.533. The minimum atomic E-state index is -3.75. The van der Waals surface area contributed by atoms with Crippen molar-refractivity contribution in [2.45, 2.75) is 37.3 Å². The van der Waals surface area contributed by atoms with Crippen LogP contribution in [0.2, 0.25) is 0 Å². The summed E-state index contributed by atoms with van der Waals surface area (Å²) in [6.45, 7) is 5.88. The number of nitrogens with one attached hydrogen (secondary N) is 1. The molecule has 134 valence electrons. The fourth-order valence-electron chi connectivity index (χ4n) is 2.17. The molecular formula is C15H21BrN2O5S. The Balaban J connectivity index is 2.01. The first-order valence-corrected chi connectivity index (χ1v) is 9.63. The van der Waals surface area contributed by atoms with Crippen molar-refractivity contribution in [1.82, 2.24) is 9.62 Å². The van der Waals surface area contributed by atoms with E-state index in [1.54, 1.807) is 32.9 Å². The zero-order chi connectivity index (χ0) is 18.1. The van der Waals surface area contributed by atoms with E-state index in [2.05, 4.69) is 20.7 Å². The van der Waals surface area contributed by atoms with Crippen molar-refractivity contribution < 1.29 is 22.7 Å². The molecule has 1 aromatic carbocycles. The molecule has 0 radical (unpaired) electrons.